The van der Waals surface area contributed by atoms with Gasteiger partial charge in [0.2, 0.25) is 0 Å². The van der Waals surface area contributed by atoms with Crippen molar-refractivity contribution < 1.29 is 18.0 Å². The molecule has 2 rings (SSSR count). The van der Waals surface area contributed by atoms with Gasteiger partial charge < -0.3 is 5.32 Å². The molecule has 2 aromatic rings. The Kier molecular flexibility index (Phi) is 4.92. The molecule has 7 heteroatoms. The van der Waals surface area contributed by atoms with Crippen LogP contribution in [0.1, 0.15) is 15.9 Å². The van der Waals surface area contributed by atoms with Crippen molar-refractivity contribution >= 4 is 50.1 Å². The van der Waals surface area contributed by atoms with E-state index >= 15 is 0 Å². The maximum absolute atomic E-state index is 12.5. The molecule has 0 aliphatic carbocycles. The topological polar surface area (TPSA) is 29.1 Å². The molecule has 0 bridgehead atoms. The van der Waals surface area contributed by atoms with Crippen molar-refractivity contribution in [3.8, 4) is 0 Å². The molecular formula is C14H8BrF3INO. The van der Waals surface area contributed by atoms with Gasteiger partial charge in [-0.2, -0.15) is 13.2 Å². The Morgan fingerprint density at radius 3 is 2.29 bits per heavy atom. The van der Waals surface area contributed by atoms with Crippen LogP contribution in [-0.4, -0.2) is 5.91 Å². The molecule has 0 spiro atoms. The number of carbonyl (C=O) groups excluding carboxylic acids is 1. The monoisotopic (exact) mass is 469 g/mol. The van der Waals surface area contributed by atoms with Gasteiger partial charge in [-0.25, -0.2) is 0 Å². The van der Waals surface area contributed by atoms with E-state index in [2.05, 4.69) is 43.8 Å². The predicted octanol–water partition coefficient (Wildman–Crippen LogP) is 5.32. The summed E-state index contributed by atoms with van der Waals surface area (Å²) in [6, 6.07) is 9.57. The minimum atomic E-state index is -4.39. The van der Waals surface area contributed by atoms with E-state index in [1.807, 2.05) is 6.07 Å². The molecule has 1 N–H and O–H groups in total. The Labute approximate surface area is 141 Å². The van der Waals surface area contributed by atoms with Crippen molar-refractivity contribution in [2.24, 2.45) is 0 Å². The van der Waals surface area contributed by atoms with Crippen LogP contribution in [0.3, 0.4) is 0 Å². The smallest absolute Gasteiger partial charge is 0.322 e. The number of carbonyl (C=O) groups is 1. The highest BCUT2D eigenvalue weighted by molar-refractivity contribution is 14.1. The number of amides is 1. The molecule has 0 saturated carbocycles. The van der Waals surface area contributed by atoms with Gasteiger partial charge in [-0.15, -0.1) is 0 Å². The molecule has 0 unspecified atom stereocenters. The lowest BCUT2D eigenvalue weighted by Gasteiger charge is -2.10. The number of rotatable bonds is 2. The van der Waals surface area contributed by atoms with E-state index in [0.717, 1.165) is 15.7 Å². The second-order valence-electron chi connectivity index (χ2n) is 4.15. The summed E-state index contributed by atoms with van der Waals surface area (Å²) in [6.07, 6.45) is -4.39. The third-order valence-electron chi connectivity index (χ3n) is 2.64. The molecule has 110 valence electrons. The summed E-state index contributed by atoms with van der Waals surface area (Å²) in [7, 11) is 0. The quantitative estimate of drug-likeness (QED) is 0.592. The van der Waals surface area contributed by atoms with Crippen LogP contribution < -0.4 is 5.32 Å². The van der Waals surface area contributed by atoms with Gasteiger partial charge in [-0.05, 0) is 81.0 Å². The predicted molar refractivity (Wildman–Crippen MR) is 86.3 cm³/mol. The minimum Gasteiger partial charge on any atom is -0.322 e. The van der Waals surface area contributed by atoms with Crippen molar-refractivity contribution in [3.05, 3.63) is 61.6 Å². The number of hydrogen-bond acceptors (Lipinski definition) is 1. The van der Waals surface area contributed by atoms with Crippen molar-refractivity contribution in [2.45, 2.75) is 6.18 Å². The standard InChI is InChI=1S/C14H8BrF3INO/c15-12-6-3-9(19)7-11(12)13(21)20-10-4-1-8(2-5-10)14(16,17)18/h1-7H,(H,20,21). The van der Waals surface area contributed by atoms with E-state index < -0.39 is 11.7 Å². The second kappa shape index (κ2) is 6.35. The molecule has 1 amide bonds. The molecular weight excluding hydrogens is 462 g/mol. The molecule has 0 aliphatic rings. The van der Waals surface area contributed by atoms with Gasteiger partial charge >= 0.3 is 6.18 Å². The van der Waals surface area contributed by atoms with Gasteiger partial charge in [0, 0.05) is 13.7 Å². The molecule has 2 nitrogen and oxygen atoms in total. The van der Waals surface area contributed by atoms with Crippen LogP contribution in [0.2, 0.25) is 0 Å². The lowest BCUT2D eigenvalue weighted by atomic mass is 10.2. The van der Waals surface area contributed by atoms with Crippen molar-refractivity contribution in [1.82, 2.24) is 0 Å². The number of benzene rings is 2. The van der Waals surface area contributed by atoms with E-state index in [-0.39, 0.29) is 5.91 Å². The first-order valence-electron chi connectivity index (χ1n) is 5.71. The minimum absolute atomic E-state index is 0.304. The van der Waals surface area contributed by atoms with Crippen LogP contribution in [-0.2, 0) is 6.18 Å². The summed E-state index contributed by atoms with van der Waals surface area (Å²) in [5, 5.41) is 2.57. The Morgan fingerprint density at radius 1 is 1.10 bits per heavy atom. The third-order valence-corrected chi connectivity index (χ3v) is 4.01. The average molecular weight is 470 g/mol. The summed E-state index contributed by atoms with van der Waals surface area (Å²) in [4.78, 5) is 12.1. The maximum atomic E-state index is 12.5. The van der Waals surface area contributed by atoms with E-state index in [1.54, 1.807) is 12.1 Å². The van der Waals surface area contributed by atoms with Gasteiger partial charge in [0.15, 0.2) is 0 Å². The van der Waals surface area contributed by atoms with Crippen molar-refractivity contribution in [3.63, 3.8) is 0 Å². The Balaban J connectivity index is 2.18. The Bertz CT molecular complexity index is 671. The maximum Gasteiger partial charge on any atom is 0.416 e. The lowest BCUT2D eigenvalue weighted by molar-refractivity contribution is -0.137. The fourth-order valence-electron chi connectivity index (χ4n) is 1.61. The summed E-state index contributed by atoms with van der Waals surface area (Å²) >= 11 is 5.34. The van der Waals surface area contributed by atoms with Crippen LogP contribution in [0.25, 0.3) is 0 Å². The third kappa shape index (κ3) is 4.19. The molecule has 0 atom stereocenters. The van der Waals surface area contributed by atoms with Crippen LogP contribution in [0.4, 0.5) is 18.9 Å². The zero-order valence-electron chi connectivity index (χ0n) is 10.3. The van der Waals surface area contributed by atoms with Crippen LogP contribution >= 0.6 is 38.5 Å². The Morgan fingerprint density at radius 2 is 1.71 bits per heavy atom. The first kappa shape index (κ1) is 16.3. The normalized spacial score (nSPS) is 11.3. The first-order chi connectivity index (χ1) is 9.77. The molecule has 0 heterocycles. The van der Waals surface area contributed by atoms with Crippen LogP contribution in [0.15, 0.2) is 46.9 Å². The SMILES string of the molecule is O=C(Nc1ccc(C(F)(F)F)cc1)c1cc(I)ccc1Br. The second-order valence-corrected chi connectivity index (χ2v) is 6.25. The number of anilines is 1. The van der Waals surface area contributed by atoms with Crippen LogP contribution in [0, 0.1) is 3.57 Å². The van der Waals surface area contributed by atoms with Crippen molar-refractivity contribution in [2.75, 3.05) is 5.32 Å². The van der Waals surface area contributed by atoms with E-state index in [0.29, 0.717) is 15.7 Å². The van der Waals surface area contributed by atoms with E-state index in [1.165, 1.54) is 12.1 Å². The highest BCUT2D eigenvalue weighted by Gasteiger charge is 2.30. The molecule has 21 heavy (non-hydrogen) atoms. The number of nitrogens with one attached hydrogen (secondary N) is 1. The fraction of sp³-hybridized carbons (Fsp3) is 0.0714. The molecule has 0 aliphatic heterocycles. The van der Waals surface area contributed by atoms with Gasteiger partial charge in [0.1, 0.15) is 0 Å². The number of alkyl halides is 3. The van der Waals surface area contributed by atoms with E-state index in [9.17, 15) is 18.0 Å². The zero-order valence-corrected chi connectivity index (χ0v) is 14.1. The van der Waals surface area contributed by atoms with Crippen molar-refractivity contribution in [1.29, 1.82) is 0 Å². The molecule has 0 saturated heterocycles. The van der Waals surface area contributed by atoms with Gasteiger partial charge in [0.25, 0.3) is 5.91 Å². The summed E-state index contributed by atoms with van der Waals surface area (Å²) in [6.45, 7) is 0. The summed E-state index contributed by atoms with van der Waals surface area (Å²) in [5.41, 5.74) is -0.0310. The van der Waals surface area contributed by atoms with Gasteiger partial charge in [0.05, 0.1) is 11.1 Å². The largest absolute Gasteiger partial charge is 0.416 e. The lowest BCUT2D eigenvalue weighted by Crippen LogP contribution is -2.13. The summed E-state index contributed by atoms with van der Waals surface area (Å²) < 4.78 is 38.9. The molecule has 2 aromatic carbocycles. The molecule has 0 radical (unpaired) electrons. The molecule has 0 aromatic heterocycles. The fourth-order valence-corrected chi connectivity index (χ4v) is 2.53. The number of halogens is 5. The number of hydrogen-bond donors (Lipinski definition) is 1. The van der Waals surface area contributed by atoms with Gasteiger partial charge in [-0.3, -0.25) is 4.79 Å². The van der Waals surface area contributed by atoms with Crippen LogP contribution in [0.5, 0.6) is 0 Å². The highest BCUT2D eigenvalue weighted by atomic mass is 127. The van der Waals surface area contributed by atoms with E-state index in [4.69, 9.17) is 0 Å². The van der Waals surface area contributed by atoms with Gasteiger partial charge in [-0.1, -0.05) is 0 Å². The summed E-state index contributed by atoms with van der Waals surface area (Å²) in [5.74, 6) is -0.389. The zero-order chi connectivity index (χ0) is 15.6. The average Bonchev–Trinajstić information content (AvgIpc) is 2.41. The Hall–Kier alpha value is -1.09. The molecule has 0 fully saturated rings. The highest BCUT2D eigenvalue weighted by Crippen LogP contribution is 2.30. The first-order valence-corrected chi connectivity index (χ1v) is 7.58.